The van der Waals surface area contributed by atoms with E-state index in [1.165, 1.54) is 12.3 Å². The van der Waals surface area contributed by atoms with Crippen molar-refractivity contribution in [2.75, 3.05) is 17.7 Å². The first-order valence-corrected chi connectivity index (χ1v) is 8.44. The molecule has 0 unspecified atom stereocenters. The summed E-state index contributed by atoms with van der Waals surface area (Å²) in [5.74, 6) is 0.439. The normalized spacial score (nSPS) is 10.5. The van der Waals surface area contributed by atoms with E-state index < -0.39 is 0 Å². The van der Waals surface area contributed by atoms with Crippen LogP contribution in [0.25, 0.3) is 22.5 Å². The van der Waals surface area contributed by atoms with Crippen molar-refractivity contribution in [3.63, 3.8) is 0 Å². The quantitative estimate of drug-likeness (QED) is 0.512. The summed E-state index contributed by atoms with van der Waals surface area (Å²) in [6.07, 6.45) is 3.17. The smallest absolute Gasteiger partial charge is 0.254 e. The fourth-order valence-corrected chi connectivity index (χ4v) is 2.50. The van der Waals surface area contributed by atoms with Crippen molar-refractivity contribution in [3.8, 4) is 22.5 Å². The molecule has 9 heteroatoms. The van der Waals surface area contributed by atoms with E-state index in [1.807, 2.05) is 60.7 Å². The zero-order valence-corrected chi connectivity index (χ0v) is 15.0. The Morgan fingerprint density at radius 1 is 0.750 bits per heavy atom. The highest BCUT2D eigenvalue weighted by atomic mass is 16.7. The van der Waals surface area contributed by atoms with Gasteiger partial charge in [-0.25, -0.2) is 15.4 Å². The van der Waals surface area contributed by atoms with Gasteiger partial charge in [-0.05, 0) is 0 Å². The van der Waals surface area contributed by atoms with Crippen LogP contribution in [-0.4, -0.2) is 37.5 Å². The molecule has 0 saturated carbocycles. The molecule has 2 aromatic carbocycles. The molecule has 0 saturated heterocycles. The lowest BCUT2D eigenvalue weighted by molar-refractivity contribution is 0.177. The predicted octanol–water partition coefficient (Wildman–Crippen LogP) is 2.79. The van der Waals surface area contributed by atoms with Crippen molar-refractivity contribution in [2.45, 2.75) is 0 Å². The molecule has 0 spiro atoms. The first-order valence-electron chi connectivity index (χ1n) is 8.44. The maximum absolute atomic E-state index is 5.33. The standard InChI is InChI=1S/C19H16N8O/c1-28-27(19-23-17(13-21-25-19)15-10-6-3-7-11-15)26-18-22-16(12-20-24-18)14-8-4-2-5-9-14/h2-13H,1H3,(H,22,24,26). The summed E-state index contributed by atoms with van der Waals surface area (Å²) in [6.45, 7) is 0. The van der Waals surface area contributed by atoms with E-state index in [0.717, 1.165) is 11.1 Å². The van der Waals surface area contributed by atoms with Gasteiger partial charge in [0.2, 0.25) is 0 Å². The molecule has 138 valence electrons. The van der Waals surface area contributed by atoms with E-state index in [0.29, 0.717) is 11.4 Å². The summed E-state index contributed by atoms with van der Waals surface area (Å²) in [4.78, 5) is 14.3. The molecule has 1 N–H and O–H groups in total. The maximum Gasteiger partial charge on any atom is 0.290 e. The number of anilines is 2. The minimum atomic E-state index is 0.206. The number of benzene rings is 2. The largest absolute Gasteiger partial charge is 0.290 e. The van der Waals surface area contributed by atoms with Gasteiger partial charge in [0.25, 0.3) is 11.9 Å². The van der Waals surface area contributed by atoms with E-state index in [1.54, 1.807) is 12.4 Å². The van der Waals surface area contributed by atoms with Crippen molar-refractivity contribution < 1.29 is 4.84 Å². The fraction of sp³-hybridized carbons (Fsp3) is 0.0526. The molecule has 4 aromatic rings. The fourth-order valence-electron chi connectivity index (χ4n) is 2.50. The van der Waals surface area contributed by atoms with E-state index >= 15 is 0 Å². The van der Waals surface area contributed by atoms with Crippen LogP contribution in [0, 0.1) is 0 Å². The van der Waals surface area contributed by atoms with Crippen molar-refractivity contribution in [3.05, 3.63) is 73.1 Å². The van der Waals surface area contributed by atoms with Crippen LogP contribution < -0.4 is 10.6 Å². The number of hydrogen-bond donors (Lipinski definition) is 1. The first-order chi connectivity index (χ1) is 13.8. The third-order valence-electron chi connectivity index (χ3n) is 3.81. The third-order valence-corrected chi connectivity index (χ3v) is 3.81. The number of hydrogen-bond acceptors (Lipinski definition) is 9. The molecule has 28 heavy (non-hydrogen) atoms. The molecule has 0 radical (unpaired) electrons. The maximum atomic E-state index is 5.33. The Morgan fingerprint density at radius 2 is 1.32 bits per heavy atom. The highest BCUT2D eigenvalue weighted by Gasteiger charge is 2.14. The molecular formula is C19H16N8O. The summed E-state index contributed by atoms with van der Waals surface area (Å²) >= 11 is 0. The van der Waals surface area contributed by atoms with Crippen molar-refractivity contribution in [1.82, 2.24) is 30.4 Å². The van der Waals surface area contributed by atoms with Crippen molar-refractivity contribution in [1.29, 1.82) is 0 Å². The second-order valence-corrected chi connectivity index (χ2v) is 5.63. The molecule has 4 rings (SSSR count). The van der Waals surface area contributed by atoms with Crippen molar-refractivity contribution in [2.24, 2.45) is 0 Å². The summed E-state index contributed by atoms with van der Waals surface area (Å²) in [5.41, 5.74) is 6.07. The Hall–Kier alpha value is -3.98. The van der Waals surface area contributed by atoms with Gasteiger partial charge in [-0.3, -0.25) is 4.84 Å². The molecule has 2 heterocycles. The average Bonchev–Trinajstić information content (AvgIpc) is 2.79. The van der Waals surface area contributed by atoms with Gasteiger partial charge in [0.15, 0.2) is 0 Å². The minimum absolute atomic E-state index is 0.206. The molecule has 0 aliphatic heterocycles. The molecule has 9 nitrogen and oxygen atoms in total. The van der Waals surface area contributed by atoms with Gasteiger partial charge in [-0.15, -0.1) is 15.4 Å². The topological polar surface area (TPSA) is 102 Å². The lowest BCUT2D eigenvalue weighted by Gasteiger charge is -2.19. The lowest BCUT2D eigenvalue weighted by atomic mass is 10.2. The Morgan fingerprint density at radius 3 is 1.93 bits per heavy atom. The summed E-state index contributed by atoms with van der Waals surface area (Å²) in [7, 11) is 1.47. The summed E-state index contributed by atoms with van der Waals surface area (Å²) < 4.78 is 0. The Balaban J connectivity index is 1.59. The monoisotopic (exact) mass is 372 g/mol. The number of aromatic nitrogens is 6. The van der Waals surface area contributed by atoms with Gasteiger partial charge in [0, 0.05) is 11.1 Å². The average molecular weight is 372 g/mol. The van der Waals surface area contributed by atoms with Crippen LogP contribution in [0.5, 0.6) is 0 Å². The SMILES string of the molecule is CON(Nc1nncc(-c2ccccc2)n1)c1nncc(-c2ccccc2)n1. The van der Waals surface area contributed by atoms with Crippen LogP contribution in [0.1, 0.15) is 0 Å². The lowest BCUT2D eigenvalue weighted by Crippen LogP contribution is -2.31. The number of rotatable bonds is 6. The molecule has 0 aliphatic carbocycles. The van der Waals surface area contributed by atoms with Crippen LogP contribution in [-0.2, 0) is 4.84 Å². The molecule has 0 bridgehead atoms. The van der Waals surface area contributed by atoms with E-state index in [-0.39, 0.29) is 11.9 Å². The zero-order valence-electron chi connectivity index (χ0n) is 15.0. The van der Waals surface area contributed by atoms with Gasteiger partial charge >= 0.3 is 0 Å². The van der Waals surface area contributed by atoms with Crippen LogP contribution in [0.4, 0.5) is 11.9 Å². The van der Waals surface area contributed by atoms with Crippen LogP contribution in [0.2, 0.25) is 0 Å². The Kier molecular flexibility index (Phi) is 5.07. The molecule has 0 aliphatic rings. The zero-order chi connectivity index (χ0) is 19.2. The number of nitrogens with zero attached hydrogens (tertiary/aromatic N) is 7. The van der Waals surface area contributed by atoms with E-state index in [4.69, 9.17) is 4.84 Å². The second kappa shape index (κ2) is 8.14. The van der Waals surface area contributed by atoms with Gasteiger partial charge in [-0.1, -0.05) is 60.7 Å². The van der Waals surface area contributed by atoms with Crippen LogP contribution in [0.15, 0.2) is 73.1 Å². The van der Waals surface area contributed by atoms with Crippen LogP contribution in [0.3, 0.4) is 0 Å². The molecule has 0 amide bonds. The van der Waals surface area contributed by atoms with Gasteiger partial charge in [0.1, 0.15) is 0 Å². The highest BCUT2D eigenvalue weighted by molar-refractivity contribution is 5.60. The second-order valence-electron chi connectivity index (χ2n) is 5.63. The Labute approximate surface area is 161 Å². The summed E-state index contributed by atoms with van der Waals surface area (Å²) in [6, 6.07) is 19.4. The molecular weight excluding hydrogens is 356 g/mol. The van der Waals surface area contributed by atoms with Crippen molar-refractivity contribution >= 4 is 11.9 Å². The predicted molar refractivity (Wildman–Crippen MR) is 104 cm³/mol. The highest BCUT2D eigenvalue weighted by Crippen LogP contribution is 2.19. The number of nitrogens with one attached hydrogen (secondary N) is 1. The molecule has 0 fully saturated rings. The van der Waals surface area contributed by atoms with E-state index in [9.17, 15) is 0 Å². The third kappa shape index (κ3) is 3.89. The first kappa shape index (κ1) is 17.4. The van der Waals surface area contributed by atoms with E-state index in [2.05, 4.69) is 35.8 Å². The minimum Gasteiger partial charge on any atom is -0.254 e. The number of hydrazine groups is 1. The molecule has 2 aromatic heterocycles. The molecule has 0 atom stereocenters. The Bertz CT molecular complexity index is 1050. The van der Waals surface area contributed by atoms with Gasteiger partial charge in [0.05, 0.1) is 30.9 Å². The summed E-state index contributed by atoms with van der Waals surface area (Å²) in [5, 5.41) is 17.2. The van der Waals surface area contributed by atoms with Crippen LogP contribution >= 0.6 is 0 Å². The van der Waals surface area contributed by atoms with Gasteiger partial charge < -0.3 is 0 Å². The van der Waals surface area contributed by atoms with Gasteiger partial charge in [-0.2, -0.15) is 10.2 Å².